The van der Waals surface area contributed by atoms with E-state index < -0.39 is 12.0 Å². The molecule has 1 aromatic rings. The highest BCUT2D eigenvalue weighted by Crippen LogP contribution is 2.31. The molecule has 1 rings (SSSR count). The Hall–Kier alpha value is -1.82. The van der Waals surface area contributed by atoms with Crippen LogP contribution in [0.25, 0.3) is 0 Å². The van der Waals surface area contributed by atoms with E-state index in [9.17, 15) is 4.79 Å². The molecule has 0 fully saturated rings. The van der Waals surface area contributed by atoms with Crippen LogP contribution in [0.4, 0.5) is 0 Å². The summed E-state index contributed by atoms with van der Waals surface area (Å²) in [5, 5.41) is 0. The van der Waals surface area contributed by atoms with Gasteiger partial charge in [-0.25, -0.2) is 9.78 Å². The lowest BCUT2D eigenvalue weighted by atomic mass is 10.1. The average molecular weight is 226 g/mol. The zero-order valence-corrected chi connectivity index (χ0v) is 9.39. The van der Waals surface area contributed by atoms with Crippen LogP contribution in [0.5, 0.6) is 11.6 Å². The molecule has 6 nitrogen and oxygen atoms in total. The molecule has 1 unspecified atom stereocenters. The Kier molecular flexibility index (Phi) is 4.07. The summed E-state index contributed by atoms with van der Waals surface area (Å²) in [6.07, 6.45) is 1.51. The van der Waals surface area contributed by atoms with Gasteiger partial charge < -0.3 is 19.9 Å². The van der Waals surface area contributed by atoms with Crippen molar-refractivity contribution in [2.45, 2.75) is 6.04 Å². The fraction of sp³-hybridized carbons (Fsp3) is 0.400. The predicted molar refractivity (Wildman–Crippen MR) is 56.3 cm³/mol. The number of rotatable bonds is 4. The number of nitrogens with two attached hydrogens (primary N) is 1. The topological polar surface area (TPSA) is 83.7 Å². The molecule has 0 saturated heterocycles. The van der Waals surface area contributed by atoms with E-state index in [-0.39, 0.29) is 5.88 Å². The number of esters is 1. The van der Waals surface area contributed by atoms with Crippen molar-refractivity contribution in [3.63, 3.8) is 0 Å². The summed E-state index contributed by atoms with van der Waals surface area (Å²) in [7, 11) is 4.18. The zero-order valence-electron chi connectivity index (χ0n) is 9.39. The molecule has 0 aliphatic carbocycles. The third kappa shape index (κ3) is 2.22. The molecular formula is C10H14N2O4. The van der Waals surface area contributed by atoms with Crippen molar-refractivity contribution in [1.82, 2.24) is 4.98 Å². The standard InChI is InChI=1S/C10H14N2O4/c1-14-6-4-5-12-9(15-2)7(6)8(11)10(13)16-3/h4-5,8H,11H2,1-3H3. The molecule has 0 radical (unpaired) electrons. The molecular weight excluding hydrogens is 212 g/mol. The van der Waals surface area contributed by atoms with Crippen LogP contribution in [0.15, 0.2) is 12.3 Å². The van der Waals surface area contributed by atoms with E-state index in [0.717, 1.165) is 0 Å². The maximum atomic E-state index is 11.4. The summed E-state index contributed by atoms with van der Waals surface area (Å²) < 4.78 is 14.7. The van der Waals surface area contributed by atoms with Gasteiger partial charge in [-0.3, -0.25) is 0 Å². The van der Waals surface area contributed by atoms with Gasteiger partial charge in [0.25, 0.3) is 0 Å². The van der Waals surface area contributed by atoms with Crippen LogP contribution in [0.2, 0.25) is 0 Å². The molecule has 1 atom stereocenters. The third-order valence-electron chi connectivity index (χ3n) is 2.09. The Morgan fingerprint density at radius 3 is 2.56 bits per heavy atom. The van der Waals surface area contributed by atoms with Crippen LogP contribution in [0.1, 0.15) is 11.6 Å². The largest absolute Gasteiger partial charge is 0.496 e. The van der Waals surface area contributed by atoms with Gasteiger partial charge in [0.05, 0.1) is 26.9 Å². The lowest BCUT2D eigenvalue weighted by molar-refractivity contribution is -0.142. The van der Waals surface area contributed by atoms with Gasteiger partial charge in [0.2, 0.25) is 5.88 Å². The Morgan fingerprint density at radius 2 is 2.06 bits per heavy atom. The van der Waals surface area contributed by atoms with Gasteiger partial charge in [0, 0.05) is 6.20 Å². The average Bonchev–Trinajstić information content (AvgIpc) is 2.35. The van der Waals surface area contributed by atoms with Gasteiger partial charge in [-0.15, -0.1) is 0 Å². The first-order valence-electron chi connectivity index (χ1n) is 4.56. The SMILES string of the molecule is COC(=O)C(N)c1c(OC)ccnc1OC. The fourth-order valence-electron chi connectivity index (χ4n) is 1.31. The zero-order chi connectivity index (χ0) is 12.1. The summed E-state index contributed by atoms with van der Waals surface area (Å²) in [5.74, 6) is 0.103. The highest BCUT2D eigenvalue weighted by Gasteiger charge is 2.25. The molecule has 0 spiro atoms. The second kappa shape index (κ2) is 5.32. The van der Waals surface area contributed by atoms with Crippen LogP contribution in [0, 0.1) is 0 Å². The van der Waals surface area contributed by atoms with Gasteiger partial charge >= 0.3 is 5.97 Å². The molecule has 0 aliphatic rings. The molecule has 0 saturated carbocycles. The van der Waals surface area contributed by atoms with E-state index in [1.807, 2.05) is 0 Å². The molecule has 1 aromatic heterocycles. The van der Waals surface area contributed by atoms with E-state index in [4.69, 9.17) is 15.2 Å². The van der Waals surface area contributed by atoms with Crippen LogP contribution in [-0.4, -0.2) is 32.3 Å². The quantitative estimate of drug-likeness (QED) is 0.742. The number of carbonyl (C=O) groups is 1. The highest BCUT2D eigenvalue weighted by molar-refractivity contribution is 5.79. The number of pyridine rings is 1. The number of hydrogen-bond donors (Lipinski definition) is 1. The molecule has 16 heavy (non-hydrogen) atoms. The van der Waals surface area contributed by atoms with Crippen molar-refractivity contribution >= 4 is 5.97 Å². The Balaban J connectivity index is 3.22. The predicted octanol–water partition coefficient (Wildman–Crippen LogP) is 0.272. The van der Waals surface area contributed by atoms with Crippen LogP contribution < -0.4 is 15.2 Å². The summed E-state index contributed by atoms with van der Waals surface area (Å²) >= 11 is 0. The fourth-order valence-corrected chi connectivity index (χ4v) is 1.31. The Bertz CT molecular complexity index is 359. The summed E-state index contributed by atoms with van der Waals surface area (Å²) in [4.78, 5) is 15.3. The molecule has 0 amide bonds. The molecule has 2 N–H and O–H groups in total. The highest BCUT2D eigenvalue weighted by atomic mass is 16.5. The molecule has 0 aliphatic heterocycles. The van der Waals surface area contributed by atoms with E-state index in [2.05, 4.69) is 9.72 Å². The normalized spacial score (nSPS) is 11.8. The van der Waals surface area contributed by atoms with Crippen LogP contribution in [0.3, 0.4) is 0 Å². The number of aromatic nitrogens is 1. The minimum absolute atomic E-state index is 0.247. The van der Waals surface area contributed by atoms with Gasteiger partial charge in [-0.1, -0.05) is 0 Å². The van der Waals surface area contributed by atoms with Crippen molar-refractivity contribution < 1.29 is 19.0 Å². The van der Waals surface area contributed by atoms with Crippen molar-refractivity contribution in [3.05, 3.63) is 17.8 Å². The van der Waals surface area contributed by atoms with Gasteiger partial charge in [-0.2, -0.15) is 0 Å². The van der Waals surface area contributed by atoms with E-state index in [0.29, 0.717) is 11.3 Å². The number of nitrogens with zero attached hydrogens (tertiary/aromatic N) is 1. The van der Waals surface area contributed by atoms with Crippen LogP contribution in [-0.2, 0) is 9.53 Å². The van der Waals surface area contributed by atoms with E-state index in [1.54, 1.807) is 6.07 Å². The minimum atomic E-state index is -0.983. The maximum absolute atomic E-state index is 11.4. The smallest absolute Gasteiger partial charge is 0.327 e. The second-order valence-corrected chi connectivity index (χ2v) is 2.94. The number of ether oxygens (including phenoxy) is 3. The number of methoxy groups -OCH3 is 3. The second-order valence-electron chi connectivity index (χ2n) is 2.94. The van der Waals surface area contributed by atoms with Gasteiger partial charge in [0.1, 0.15) is 11.8 Å². The summed E-state index contributed by atoms with van der Waals surface area (Å²) in [6, 6.07) is 0.615. The lowest BCUT2D eigenvalue weighted by Gasteiger charge is -2.15. The van der Waals surface area contributed by atoms with Crippen molar-refractivity contribution in [3.8, 4) is 11.6 Å². The van der Waals surface area contributed by atoms with E-state index in [1.165, 1.54) is 27.5 Å². The minimum Gasteiger partial charge on any atom is -0.496 e. The van der Waals surface area contributed by atoms with Gasteiger partial charge in [0.15, 0.2) is 0 Å². The first-order chi connectivity index (χ1) is 7.65. The molecule has 1 heterocycles. The Labute approximate surface area is 93.3 Å². The third-order valence-corrected chi connectivity index (χ3v) is 2.09. The van der Waals surface area contributed by atoms with Crippen molar-refractivity contribution in [1.29, 1.82) is 0 Å². The molecule has 6 heteroatoms. The van der Waals surface area contributed by atoms with Crippen LogP contribution >= 0.6 is 0 Å². The lowest BCUT2D eigenvalue weighted by Crippen LogP contribution is -2.24. The molecule has 0 bridgehead atoms. The van der Waals surface area contributed by atoms with Gasteiger partial charge in [-0.05, 0) is 6.07 Å². The number of carbonyl (C=O) groups excluding carboxylic acids is 1. The first-order valence-corrected chi connectivity index (χ1v) is 4.56. The van der Waals surface area contributed by atoms with E-state index >= 15 is 0 Å². The van der Waals surface area contributed by atoms with Crippen molar-refractivity contribution in [2.24, 2.45) is 5.73 Å². The monoisotopic (exact) mass is 226 g/mol. The summed E-state index contributed by atoms with van der Waals surface area (Å²) in [5.41, 5.74) is 6.10. The first kappa shape index (κ1) is 12.3. The maximum Gasteiger partial charge on any atom is 0.327 e. The number of hydrogen-bond acceptors (Lipinski definition) is 6. The molecule has 88 valence electrons. The summed E-state index contributed by atoms with van der Waals surface area (Å²) in [6.45, 7) is 0. The van der Waals surface area contributed by atoms with Crippen molar-refractivity contribution in [2.75, 3.05) is 21.3 Å². The molecule has 0 aromatic carbocycles. The Morgan fingerprint density at radius 1 is 1.38 bits per heavy atom.